The van der Waals surface area contributed by atoms with Gasteiger partial charge in [-0.1, -0.05) is 24.3 Å². The van der Waals surface area contributed by atoms with Crippen LogP contribution in [0.3, 0.4) is 0 Å². The molecule has 0 unspecified atom stereocenters. The van der Waals surface area contributed by atoms with Crippen LogP contribution in [-0.4, -0.2) is 34.0 Å². The van der Waals surface area contributed by atoms with Crippen molar-refractivity contribution in [2.24, 2.45) is 0 Å². The van der Waals surface area contributed by atoms with Crippen molar-refractivity contribution in [3.05, 3.63) is 65.1 Å². The molecule has 1 aromatic carbocycles. The average Bonchev–Trinajstić information content (AvgIpc) is 2.56. The van der Waals surface area contributed by atoms with E-state index < -0.39 is 6.10 Å². The van der Waals surface area contributed by atoms with E-state index in [4.69, 9.17) is 0 Å². The van der Waals surface area contributed by atoms with Crippen molar-refractivity contribution in [2.45, 2.75) is 24.0 Å². The fraction of sp³-hybridized carbons (Fsp3) is 0.294. The molecule has 23 heavy (non-hydrogen) atoms. The second-order valence-electron chi connectivity index (χ2n) is 5.06. The number of aliphatic hydroxyl groups excluding tert-OH is 1. The quantitative estimate of drug-likeness (QED) is 0.719. The summed E-state index contributed by atoms with van der Waals surface area (Å²) in [6.45, 7) is 0.300. The Morgan fingerprint density at radius 1 is 1.17 bits per heavy atom. The molecule has 6 heteroatoms. The smallest absolute Gasteiger partial charge is 0.250 e. The molecule has 2 rings (SSSR count). The van der Waals surface area contributed by atoms with E-state index in [1.54, 1.807) is 30.1 Å². The van der Waals surface area contributed by atoms with E-state index in [2.05, 4.69) is 5.32 Å². The molecule has 0 aliphatic carbocycles. The molecule has 0 saturated heterocycles. The van der Waals surface area contributed by atoms with E-state index in [1.165, 1.54) is 10.6 Å². The molecule has 1 heterocycles. The van der Waals surface area contributed by atoms with Gasteiger partial charge in [0.05, 0.1) is 12.6 Å². The highest BCUT2D eigenvalue weighted by Crippen LogP contribution is 2.17. The van der Waals surface area contributed by atoms with Crippen LogP contribution in [0.25, 0.3) is 0 Å². The molecular weight excluding hydrogens is 312 g/mol. The number of hydrogen-bond donors (Lipinski definition) is 2. The highest BCUT2D eigenvalue weighted by molar-refractivity contribution is 7.99. The summed E-state index contributed by atoms with van der Waals surface area (Å²) >= 11 is 1.62. The number of nitrogens with one attached hydrogen (secondary N) is 1. The predicted octanol–water partition coefficient (Wildman–Crippen LogP) is 1.51. The number of aliphatic hydroxyl groups is 1. The molecule has 0 fully saturated rings. The largest absolute Gasteiger partial charge is 0.389 e. The van der Waals surface area contributed by atoms with Crippen molar-refractivity contribution in [1.82, 2.24) is 9.88 Å². The van der Waals surface area contributed by atoms with Gasteiger partial charge in [0.2, 0.25) is 5.91 Å². The molecule has 1 aromatic heterocycles. The second kappa shape index (κ2) is 9.17. The van der Waals surface area contributed by atoms with Gasteiger partial charge in [0.1, 0.15) is 0 Å². The zero-order chi connectivity index (χ0) is 16.5. The minimum atomic E-state index is -0.791. The van der Waals surface area contributed by atoms with Crippen LogP contribution >= 0.6 is 11.8 Å². The van der Waals surface area contributed by atoms with Gasteiger partial charge in [0, 0.05) is 35.9 Å². The van der Waals surface area contributed by atoms with Crippen molar-refractivity contribution >= 4 is 17.7 Å². The Morgan fingerprint density at radius 2 is 1.91 bits per heavy atom. The number of aromatic nitrogens is 1. The minimum absolute atomic E-state index is 0.104. The number of amides is 1. The van der Waals surface area contributed by atoms with Crippen molar-refractivity contribution in [2.75, 3.05) is 12.3 Å². The van der Waals surface area contributed by atoms with E-state index in [1.807, 2.05) is 30.3 Å². The molecule has 122 valence electrons. The first kappa shape index (κ1) is 17.3. The van der Waals surface area contributed by atoms with Crippen LogP contribution in [0.15, 0.2) is 64.4 Å². The molecule has 1 atom stereocenters. The summed E-state index contributed by atoms with van der Waals surface area (Å²) in [7, 11) is 0. The summed E-state index contributed by atoms with van der Waals surface area (Å²) in [6, 6.07) is 14.7. The first-order valence-electron chi connectivity index (χ1n) is 7.43. The summed E-state index contributed by atoms with van der Waals surface area (Å²) in [4.78, 5) is 24.4. The summed E-state index contributed by atoms with van der Waals surface area (Å²) in [5, 5.41) is 12.6. The Kier molecular flexibility index (Phi) is 6.90. The second-order valence-corrected chi connectivity index (χ2v) is 6.23. The Balaban J connectivity index is 1.66. The lowest BCUT2D eigenvalue weighted by molar-refractivity contribution is -0.121. The SMILES string of the molecule is O=C(CCSc1ccccc1)NC[C@@H](O)Cn1ccccc1=O. The van der Waals surface area contributed by atoms with E-state index >= 15 is 0 Å². The topological polar surface area (TPSA) is 71.3 Å². The van der Waals surface area contributed by atoms with Gasteiger partial charge in [-0.05, 0) is 18.2 Å². The van der Waals surface area contributed by atoms with Crippen molar-refractivity contribution in [3.8, 4) is 0 Å². The Labute approximate surface area is 139 Å². The number of nitrogens with zero attached hydrogens (tertiary/aromatic N) is 1. The standard InChI is InChI=1S/C17H20N2O3S/c20-14(13-19-10-5-4-8-17(19)22)12-18-16(21)9-11-23-15-6-2-1-3-7-15/h1-8,10,14,20H,9,11-13H2,(H,18,21)/t14-/m1/s1. The molecule has 0 radical (unpaired) electrons. The van der Waals surface area contributed by atoms with Crippen LogP contribution in [0.2, 0.25) is 0 Å². The third-order valence-electron chi connectivity index (χ3n) is 3.18. The highest BCUT2D eigenvalue weighted by atomic mass is 32.2. The van der Waals surface area contributed by atoms with Gasteiger partial charge in [-0.25, -0.2) is 0 Å². The van der Waals surface area contributed by atoms with Crippen molar-refractivity contribution in [3.63, 3.8) is 0 Å². The number of carbonyl (C=O) groups excluding carboxylic acids is 1. The number of rotatable bonds is 8. The molecule has 2 N–H and O–H groups in total. The van der Waals surface area contributed by atoms with Crippen LogP contribution in [-0.2, 0) is 11.3 Å². The first-order valence-corrected chi connectivity index (χ1v) is 8.42. The predicted molar refractivity (Wildman–Crippen MR) is 91.5 cm³/mol. The molecule has 0 aliphatic rings. The van der Waals surface area contributed by atoms with Gasteiger partial charge >= 0.3 is 0 Å². The van der Waals surface area contributed by atoms with Crippen LogP contribution in [0.4, 0.5) is 0 Å². The van der Waals surface area contributed by atoms with E-state index in [9.17, 15) is 14.7 Å². The summed E-state index contributed by atoms with van der Waals surface area (Å²) < 4.78 is 1.42. The number of carbonyl (C=O) groups is 1. The van der Waals surface area contributed by atoms with Gasteiger partial charge in [-0.15, -0.1) is 11.8 Å². The third-order valence-corrected chi connectivity index (χ3v) is 4.20. The van der Waals surface area contributed by atoms with E-state index in [0.717, 1.165) is 4.90 Å². The van der Waals surface area contributed by atoms with Gasteiger partial charge in [0.25, 0.3) is 5.56 Å². The van der Waals surface area contributed by atoms with Crippen LogP contribution < -0.4 is 10.9 Å². The third kappa shape index (κ3) is 6.30. The monoisotopic (exact) mass is 332 g/mol. The number of benzene rings is 1. The maximum Gasteiger partial charge on any atom is 0.250 e. The number of pyridine rings is 1. The lowest BCUT2D eigenvalue weighted by Crippen LogP contribution is -2.36. The highest BCUT2D eigenvalue weighted by Gasteiger charge is 2.08. The zero-order valence-corrected chi connectivity index (χ0v) is 13.5. The summed E-state index contributed by atoms with van der Waals surface area (Å²) in [5.41, 5.74) is -0.169. The van der Waals surface area contributed by atoms with E-state index in [-0.39, 0.29) is 24.6 Å². The fourth-order valence-electron chi connectivity index (χ4n) is 2.00. The fourth-order valence-corrected chi connectivity index (χ4v) is 2.87. The van der Waals surface area contributed by atoms with Crippen molar-refractivity contribution < 1.29 is 9.90 Å². The molecule has 0 bridgehead atoms. The van der Waals surface area contributed by atoms with Gasteiger partial charge in [0.15, 0.2) is 0 Å². The average molecular weight is 332 g/mol. The first-order chi connectivity index (χ1) is 11.1. The maximum absolute atomic E-state index is 11.8. The van der Waals surface area contributed by atoms with E-state index in [0.29, 0.717) is 12.2 Å². The normalized spacial score (nSPS) is 11.9. The van der Waals surface area contributed by atoms with Gasteiger partial charge in [-0.3, -0.25) is 9.59 Å². The zero-order valence-electron chi connectivity index (χ0n) is 12.7. The summed E-state index contributed by atoms with van der Waals surface area (Å²) in [6.07, 6.45) is 1.21. The number of hydrogen-bond acceptors (Lipinski definition) is 4. The Morgan fingerprint density at radius 3 is 2.65 bits per heavy atom. The Hall–Kier alpha value is -2.05. The maximum atomic E-state index is 11.8. The molecule has 0 saturated carbocycles. The van der Waals surface area contributed by atoms with Crippen LogP contribution in [0.5, 0.6) is 0 Å². The summed E-state index contributed by atoms with van der Waals surface area (Å²) in [5.74, 6) is 0.581. The molecule has 0 aliphatic heterocycles. The van der Waals surface area contributed by atoms with Crippen LogP contribution in [0, 0.1) is 0 Å². The van der Waals surface area contributed by atoms with Crippen molar-refractivity contribution in [1.29, 1.82) is 0 Å². The lowest BCUT2D eigenvalue weighted by Gasteiger charge is -2.13. The molecule has 5 nitrogen and oxygen atoms in total. The Bertz CT molecular complexity index is 673. The number of thioether (sulfide) groups is 1. The van der Waals surface area contributed by atoms with Gasteiger partial charge < -0.3 is 15.0 Å². The molecule has 1 amide bonds. The van der Waals surface area contributed by atoms with Crippen LogP contribution in [0.1, 0.15) is 6.42 Å². The molecule has 0 spiro atoms. The molecule has 2 aromatic rings. The lowest BCUT2D eigenvalue weighted by atomic mass is 10.3. The minimum Gasteiger partial charge on any atom is -0.389 e. The molecular formula is C17H20N2O3S. The van der Waals surface area contributed by atoms with Gasteiger partial charge in [-0.2, -0.15) is 0 Å².